The summed E-state index contributed by atoms with van der Waals surface area (Å²) in [6, 6.07) is 31.6. The van der Waals surface area contributed by atoms with Crippen molar-refractivity contribution in [1.82, 2.24) is 15.1 Å². The number of Topliss-reactive ketones (excluding diaryl/α,β-unsaturated/α-hetero) is 2. The third kappa shape index (κ3) is 20.0. The largest absolute Gasteiger partial charge is 0.493 e. The third-order valence-corrected chi connectivity index (χ3v) is 19.2. The Labute approximate surface area is 599 Å². The number of esters is 1. The van der Waals surface area contributed by atoms with Gasteiger partial charge in [-0.15, -0.1) is 0 Å². The van der Waals surface area contributed by atoms with Crippen LogP contribution in [0.1, 0.15) is 155 Å². The second-order valence-corrected chi connectivity index (χ2v) is 25.4. The second-order valence-electron chi connectivity index (χ2n) is 25.4. The van der Waals surface area contributed by atoms with Crippen LogP contribution in [0.4, 0.5) is 0 Å². The van der Waals surface area contributed by atoms with E-state index in [-0.39, 0.29) is 67.8 Å². The molecule has 2 aliphatic heterocycles. The van der Waals surface area contributed by atoms with E-state index in [1.807, 2.05) is 74.5 Å². The lowest BCUT2D eigenvalue weighted by atomic mass is 9.84. The molecule has 6 aromatic rings. The Morgan fingerprint density at radius 3 is 1.42 bits per heavy atom. The van der Waals surface area contributed by atoms with Crippen molar-refractivity contribution in [3.05, 3.63) is 143 Å². The zero-order chi connectivity index (χ0) is 73.2. The second kappa shape index (κ2) is 38.8. The van der Waals surface area contributed by atoms with Gasteiger partial charge in [-0.25, -0.2) is 4.79 Å². The Morgan fingerprint density at radius 1 is 0.471 bits per heavy atom. The predicted octanol–water partition coefficient (Wildman–Crippen LogP) is 12.7. The molecule has 2 fully saturated rings. The maximum Gasteiger partial charge on any atom is 0.329 e. The maximum absolute atomic E-state index is 14.9. The first-order valence-corrected chi connectivity index (χ1v) is 35.1. The summed E-state index contributed by atoms with van der Waals surface area (Å²) in [5.74, 6) is 2.74. The minimum Gasteiger partial charge on any atom is -0.493 e. The molecule has 0 aliphatic carbocycles. The van der Waals surface area contributed by atoms with E-state index in [9.17, 15) is 28.8 Å². The summed E-state index contributed by atoms with van der Waals surface area (Å²) < 4.78 is 74.5. The Balaban J connectivity index is 0.885. The van der Waals surface area contributed by atoms with Gasteiger partial charge in [0.05, 0.1) is 89.0 Å². The number of rotatable bonds is 39. The van der Waals surface area contributed by atoms with E-state index in [1.54, 1.807) is 86.8 Å². The minimum absolute atomic E-state index is 0.0377. The van der Waals surface area contributed by atoms with Crippen LogP contribution in [0.15, 0.2) is 109 Å². The molecule has 2 saturated heterocycles. The molecular formula is C80H101N3O19. The van der Waals surface area contributed by atoms with Crippen molar-refractivity contribution < 1.29 is 90.3 Å². The van der Waals surface area contributed by atoms with Crippen LogP contribution in [0.3, 0.4) is 0 Å². The maximum atomic E-state index is 14.9. The first-order chi connectivity index (χ1) is 49.5. The van der Waals surface area contributed by atoms with E-state index in [2.05, 4.69) is 5.32 Å². The molecule has 0 bridgehead atoms. The highest BCUT2D eigenvalue weighted by Crippen LogP contribution is 2.44. The summed E-state index contributed by atoms with van der Waals surface area (Å²) in [5, 5.41) is 2.86. The number of carbonyl (C=O) groups is 6. The molecule has 102 heavy (non-hydrogen) atoms. The Kier molecular flexibility index (Phi) is 29.6. The third-order valence-electron chi connectivity index (χ3n) is 19.2. The van der Waals surface area contributed by atoms with Crippen LogP contribution < -0.4 is 62.2 Å². The van der Waals surface area contributed by atoms with E-state index < -0.39 is 36.0 Å². The average Bonchev–Trinajstić information content (AvgIpc) is 0.796. The minimum atomic E-state index is -0.847. The van der Waals surface area contributed by atoms with E-state index in [4.69, 9.17) is 61.6 Å². The number of nitrogens with one attached hydrogen (secondary N) is 1. The normalized spacial score (nSPS) is 15.5. The van der Waals surface area contributed by atoms with Gasteiger partial charge in [0.1, 0.15) is 30.3 Å². The topological polar surface area (TPSA) is 241 Å². The summed E-state index contributed by atoms with van der Waals surface area (Å²) in [6.07, 6.45) is 6.72. The van der Waals surface area contributed by atoms with Gasteiger partial charge in [-0.2, -0.15) is 0 Å². The van der Waals surface area contributed by atoms with E-state index in [0.717, 1.165) is 42.4 Å². The molecule has 2 aliphatic rings. The van der Waals surface area contributed by atoms with Crippen molar-refractivity contribution in [3.8, 4) is 69.0 Å². The molecule has 0 unspecified atom stereocenters. The van der Waals surface area contributed by atoms with Crippen LogP contribution in [0.25, 0.3) is 0 Å². The molecule has 2 heterocycles. The standard InChI is InChI=1S/C80H101N3O19/c1-13-61(56-45-71(94-7)76(98-11)72(46-56)95-8)78(87)82-38-17-15-27-63(82)65(85)44-54(33-29-51-31-35-67(90-3)69(40-51)92-5)53-22-19-25-59(42-53)101-50-75(86)81-37-21-24-58(84)49-100-60-26-20-23-55(43-60)66(34-30-52-32-36-68(91-4)70(41-52)93-6)102-80(89)64-28-16-18-39-83(64)79(88)62(14-2)57-47-73(96-9)77(99-12)74(48-57)97-10/h19-20,22-23,25-26,31-32,35-36,40-43,45-48,54,61-64,66H,13-18,21,24,27-30,33-34,37-39,44,49-50H2,1-12H3,(H,81,86)/t54-,61-,62-,63-,64-,66+/m0/s1. The first kappa shape index (κ1) is 77.9. The van der Waals surface area contributed by atoms with Gasteiger partial charge in [-0.1, -0.05) is 50.2 Å². The van der Waals surface area contributed by atoms with Crippen molar-refractivity contribution in [2.75, 3.05) is 104 Å². The van der Waals surface area contributed by atoms with E-state index >= 15 is 0 Å². The smallest absolute Gasteiger partial charge is 0.329 e. The zero-order valence-electron chi connectivity index (χ0n) is 61.1. The fraction of sp³-hybridized carbons (Fsp3) is 0.475. The van der Waals surface area contributed by atoms with Gasteiger partial charge in [0.15, 0.2) is 64.2 Å². The van der Waals surface area contributed by atoms with Crippen LogP contribution in [0.5, 0.6) is 69.0 Å². The molecule has 0 aromatic heterocycles. The number of nitrogens with zero attached hydrogens (tertiary/aromatic N) is 2. The van der Waals surface area contributed by atoms with Gasteiger partial charge in [-0.3, -0.25) is 24.0 Å². The van der Waals surface area contributed by atoms with Crippen LogP contribution in [0.2, 0.25) is 0 Å². The molecular weight excluding hydrogens is 1310 g/mol. The fourth-order valence-electron chi connectivity index (χ4n) is 13.7. The molecule has 6 aromatic carbocycles. The average molecular weight is 1410 g/mol. The van der Waals surface area contributed by atoms with Crippen molar-refractivity contribution in [2.24, 2.45) is 0 Å². The van der Waals surface area contributed by atoms with Gasteiger partial charge in [0, 0.05) is 32.5 Å². The highest BCUT2D eigenvalue weighted by Gasteiger charge is 2.40. The first-order valence-electron chi connectivity index (χ1n) is 35.1. The lowest BCUT2D eigenvalue weighted by Crippen LogP contribution is -2.50. The number of benzene rings is 6. The van der Waals surface area contributed by atoms with Gasteiger partial charge in [0.2, 0.25) is 23.3 Å². The number of methoxy groups -OCH3 is 10. The van der Waals surface area contributed by atoms with Crippen LogP contribution in [0, 0.1) is 0 Å². The molecule has 3 amide bonds. The van der Waals surface area contributed by atoms with Gasteiger partial charge in [0.25, 0.3) is 5.91 Å². The molecule has 22 nitrogen and oxygen atoms in total. The summed E-state index contributed by atoms with van der Waals surface area (Å²) in [6.45, 7) is 4.35. The fourth-order valence-corrected chi connectivity index (χ4v) is 13.7. The lowest BCUT2D eigenvalue weighted by Gasteiger charge is -2.37. The lowest BCUT2D eigenvalue weighted by molar-refractivity contribution is -0.162. The molecule has 6 atom stereocenters. The van der Waals surface area contributed by atoms with Gasteiger partial charge < -0.3 is 76.7 Å². The van der Waals surface area contributed by atoms with Crippen LogP contribution >= 0.6 is 0 Å². The summed E-state index contributed by atoms with van der Waals surface area (Å²) in [5.41, 5.74) is 4.75. The molecule has 0 saturated carbocycles. The Morgan fingerprint density at radius 2 is 0.931 bits per heavy atom. The molecule has 22 heteroatoms. The highest BCUT2D eigenvalue weighted by atomic mass is 16.6. The van der Waals surface area contributed by atoms with Crippen molar-refractivity contribution >= 4 is 35.3 Å². The molecule has 8 rings (SSSR count). The van der Waals surface area contributed by atoms with Crippen LogP contribution in [-0.2, 0) is 46.3 Å². The Hall–Kier alpha value is -9.86. The number of piperidine rings is 2. The predicted molar refractivity (Wildman–Crippen MR) is 385 cm³/mol. The monoisotopic (exact) mass is 1410 g/mol. The van der Waals surface area contributed by atoms with Crippen molar-refractivity contribution in [2.45, 2.75) is 146 Å². The Bertz CT molecular complexity index is 3510. The quantitative estimate of drug-likeness (QED) is 0.0279. The molecule has 0 spiro atoms. The number of ether oxygens (including phenoxy) is 13. The summed E-state index contributed by atoms with van der Waals surface area (Å²) >= 11 is 0. The molecule has 0 radical (unpaired) electrons. The number of amides is 3. The zero-order valence-corrected chi connectivity index (χ0v) is 61.1. The van der Waals surface area contributed by atoms with Gasteiger partial charge in [-0.05, 0) is 196 Å². The van der Waals surface area contributed by atoms with E-state index in [0.29, 0.717) is 157 Å². The van der Waals surface area contributed by atoms with Crippen molar-refractivity contribution in [1.29, 1.82) is 0 Å². The number of likely N-dealkylation sites (tertiary alicyclic amines) is 2. The molecule has 550 valence electrons. The highest BCUT2D eigenvalue weighted by molar-refractivity contribution is 5.93. The number of carbonyl (C=O) groups excluding carboxylic acids is 6. The number of hydrogen-bond acceptors (Lipinski definition) is 19. The van der Waals surface area contributed by atoms with Crippen LogP contribution in [-0.4, -0.2) is 161 Å². The van der Waals surface area contributed by atoms with Gasteiger partial charge >= 0.3 is 5.97 Å². The molecule has 1 N–H and O–H groups in total. The summed E-state index contributed by atoms with van der Waals surface area (Å²) in [4.78, 5) is 89.0. The summed E-state index contributed by atoms with van der Waals surface area (Å²) in [7, 11) is 15.5. The SMILES string of the molecule is CC[C@H](C(=O)N1CCCC[C@H]1C(=O)C[C@H](CCc1ccc(OC)c(OC)c1)c1cccc(OCC(=O)NCCCC(=O)COc2cccc([C@@H](CCc3ccc(OC)c(OC)c3)OC(=O)[C@@H]3CCCCN3C(=O)[C@@H](CC)c3cc(OC)c(OC)c(OC)c3)c2)c1)c1cc(OC)c(OC)c(OC)c1. The number of hydrogen-bond donors (Lipinski definition) is 1. The number of aryl methyl sites for hydroxylation is 2. The van der Waals surface area contributed by atoms with Crippen molar-refractivity contribution in [3.63, 3.8) is 0 Å². The number of ketones is 2. The van der Waals surface area contributed by atoms with E-state index in [1.165, 1.54) is 42.7 Å².